The molecule has 0 radical (unpaired) electrons. The summed E-state index contributed by atoms with van der Waals surface area (Å²) < 4.78 is 18.7. The molecule has 1 N–H and O–H groups in total. The number of pyridine rings is 1. The lowest BCUT2D eigenvalue weighted by Gasteiger charge is -2.23. The number of anilines is 1. The van der Waals surface area contributed by atoms with Gasteiger partial charge in [-0.25, -0.2) is 9.18 Å². The molecular weight excluding hydrogens is 309 g/mol. The Labute approximate surface area is 140 Å². The predicted molar refractivity (Wildman–Crippen MR) is 91.7 cm³/mol. The first kappa shape index (κ1) is 16.5. The van der Waals surface area contributed by atoms with Gasteiger partial charge >= 0.3 is 6.09 Å². The molecule has 24 heavy (non-hydrogen) atoms. The standard InChI is InChI=1S/C18H22FN3O2/c1-18(2,3)24-17(23)21-13-7-9-22(11-13)16-6-8-20-15-10-12(19)4-5-14(15)16/h4-6,8,10,13H,7,9,11H2,1-3H3,(H,21,23)/t13-/m0/s1. The molecule has 1 saturated heterocycles. The van der Waals surface area contributed by atoms with Gasteiger partial charge in [0.25, 0.3) is 0 Å². The first-order chi connectivity index (χ1) is 11.3. The maximum atomic E-state index is 13.4. The second-order valence-electron chi connectivity index (χ2n) is 7.07. The van der Waals surface area contributed by atoms with E-state index in [0.717, 1.165) is 24.0 Å². The number of nitrogens with one attached hydrogen (secondary N) is 1. The molecule has 6 heteroatoms. The molecule has 2 aromatic rings. The molecule has 1 fully saturated rings. The molecule has 0 aliphatic carbocycles. The van der Waals surface area contributed by atoms with Crippen LogP contribution in [0.2, 0.25) is 0 Å². The summed E-state index contributed by atoms with van der Waals surface area (Å²) in [5.41, 5.74) is 1.14. The second-order valence-corrected chi connectivity index (χ2v) is 7.07. The summed E-state index contributed by atoms with van der Waals surface area (Å²) in [4.78, 5) is 18.3. The number of alkyl carbamates (subject to hydrolysis) is 1. The molecule has 1 aromatic carbocycles. The maximum Gasteiger partial charge on any atom is 0.407 e. The molecule has 1 atom stereocenters. The van der Waals surface area contributed by atoms with Crippen molar-refractivity contribution in [2.24, 2.45) is 0 Å². The van der Waals surface area contributed by atoms with Crippen LogP contribution in [-0.2, 0) is 4.74 Å². The summed E-state index contributed by atoms with van der Waals surface area (Å²) in [7, 11) is 0. The fourth-order valence-corrected chi connectivity index (χ4v) is 2.95. The highest BCUT2D eigenvalue weighted by molar-refractivity contribution is 5.91. The number of halogens is 1. The highest BCUT2D eigenvalue weighted by atomic mass is 19.1. The zero-order valence-corrected chi connectivity index (χ0v) is 14.2. The van der Waals surface area contributed by atoms with E-state index in [1.165, 1.54) is 12.1 Å². The Bertz CT molecular complexity index is 758. The van der Waals surface area contributed by atoms with E-state index in [9.17, 15) is 9.18 Å². The van der Waals surface area contributed by atoms with Gasteiger partial charge in [-0.2, -0.15) is 0 Å². The first-order valence-corrected chi connectivity index (χ1v) is 8.10. The van der Waals surface area contributed by atoms with Gasteiger partial charge in [-0.05, 0) is 45.4 Å². The lowest BCUT2D eigenvalue weighted by atomic mass is 10.1. The third-order valence-electron chi connectivity index (χ3n) is 3.93. The summed E-state index contributed by atoms with van der Waals surface area (Å²) in [6.07, 6.45) is 2.13. The van der Waals surface area contributed by atoms with Gasteiger partial charge in [-0.3, -0.25) is 4.98 Å². The van der Waals surface area contributed by atoms with Crippen molar-refractivity contribution >= 4 is 22.7 Å². The molecule has 0 bridgehead atoms. The zero-order chi connectivity index (χ0) is 17.3. The lowest BCUT2D eigenvalue weighted by molar-refractivity contribution is 0.0509. The van der Waals surface area contributed by atoms with Gasteiger partial charge in [0.1, 0.15) is 11.4 Å². The van der Waals surface area contributed by atoms with Gasteiger partial charge in [0.15, 0.2) is 0 Å². The van der Waals surface area contributed by atoms with Crippen LogP contribution < -0.4 is 10.2 Å². The molecule has 2 heterocycles. The van der Waals surface area contributed by atoms with Gasteiger partial charge in [0, 0.05) is 36.4 Å². The molecule has 3 rings (SSSR count). The van der Waals surface area contributed by atoms with Crippen molar-refractivity contribution in [3.63, 3.8) is 0 Å². The number of nitrogens with zero attached hydrogens (tertiary/aromatic N) is 2. The van der Waals surface area contributed by atoms with Crippen LogP contribution in [0.3, 0.4) is 0 Å². The second kappa shape index (κ2) is 6.26. The van der Waals surface area contributed by atoms with E-state index in [2.05, 4.69) is 15.2 Å². The number of fused-ring (bicyclic) bond motifs is 1. The number of hydrogen-bond donors (Lipinski definition) is 1. The van der Waals surface area contributed by atoms with Crippen LogP contribution in [0.25, 0.3) is 10.9 Å². The smallest absolute Gasteiger partial charge is 0.407 e. The maximum absolute atomic E-state index is 13.4. The molecule has 1 aliphatic heterocycles. The Morgan fingerprint density at radius 2 is 2.17 bits per heavy atom. The largest absolute Gasteiger partial charge is 0.444 e. The van der Waals surface area contributed by atoms with Crippen molar-refractivity contribution in [3.05, 3.63) is 36.3 Å². The van der Waals surface area contributed by atoms with E-state index in [4.69, 9.17) is 4.74 Å². The van der Waals surface area contributed by atoms with Gasteiger partial charge in [0.2, 0.25) is 0 Å². The van der Waals surface area contributed by atoms with E-state index in [-0.39, 0.29) is 11.9 Å². The van der Waals surface area contributed by atoms with E-state index in [0.29, 0.717) is 12.1 Å². The molecule has 0 spiro atoms. The normalized spacial score (nSPS) is 18.0. The van der Waals surface area contributed by atoms with Crippen molar-refractivity contribution in [1.29, 1.82) is 0 Å². The van der Waals surface area contributed by atoms with Crippen LogP contribution in [-0.4, -0.2) is 35.8 Å². The fourth-order valence-electron chi connectivity index (χ4n) is 2.95. The van der Waals surface area contributed by atoms with Gasteiger partial charge < -0.3 is 15.0 Å². The van der Waals surface area contributed by atoms with Gasteiger partial charge in [-0.15, -0.1) is 0 Å². The molecule has 1 aliphatic rings. The monoisotopic (exact) mass is 331 g/mol. The Morgan fingerprint density at radius 1 is 1.38 bits per heavy atom. The number of carbonyl (C=O) groups excluding carboxylic acids is 1. The van der Waals surface area contributed by atoms with Crippen molar-refractivity contribution in [2.45, 2.75) is 38.8 Å². The number of aromatic nitrogens is 1. The van der Waals surface area contributed by atoms with Crippen molar-refractivity contribution in [1.82, 2.24) is 10.3 Å². The minimum atomic E-state index is -0.506. The van der Waals surface area contributed by atoms with E-state index in [1.54, 1.807) is 12.3 Å². The van der Waals surface area contributed by atoms with Crippen LogP contribution in [0.1, 0.15) is 27.2 Å². The summed E-state index contributed by atoms with van der Waals surface area (Å²) in [6.45, 7) is 7.04. The van der Waals surface area contributed by atoms with Crippen molar-refractivity contribution < 1.29 is 13.9 Å². The topological polar surface area (TPSA) is 54.5 Å². The molecule has 1 amide bonds. The highest BCUT2D eigenvalue weighted by Gasteiger charge is 2.27. The quantitative estimate of drug-likeness (QED) is 0.915. The summed E-state index contributed by atoms with van der Waals surface area (Å²) >= 11 is 0. The third kappa shape index (κ3) is 3.75. The Morgan fingerprint density at radius 3 is 2.92 bits per heavy atom. The minimum absolute atomic E-state index is 0.0310. The molecule has 5 nitrogen and oxygen atoms in total. The number of carbonyl (C=O) groups is 1. The van der Waals surface area contributed by atoms with Crippen molar-refractivity contribution in [3.8, 4) is 0 Å². The molecule has 0 saturated carbocycles. The van der Waals surface area contributed by atoms with E-state index in [1.807, 2.05) is 26.8 Å². The third-order valence-corrected chi connectivity index (χ3v) is 3.93. The van der Waals surface area contributed by atoms with Crippen LogP contribution >= 0.6 is 0 Å². The van der Waals surface area contributed by atoms with Crippen LogP contribution in [0, 0.1) is 5.82 Å². The zero-order valence-electron chi connectivity index (χ0n) is 14.2. The van der Waals surface area contributed by atoms with E-state index >= 15 is 0 Å². The molecule has 1 aromatic heterocycles. The Kier molecular flexibility index (Phi) is 4.30. The Hall–Kier alpha value is -2.37. The van der Waals surface area contributed by atoms with Crippen molar-refractivity contribution in [2.75, 3.05) is 18.0 Å². The lowest BCUT2D eigenvalue weighted by Crippen LogP contribution is -2.40. The SMILES string of the molecule is CC(C)(C)OC(=O)N[C@H]1CCN(c2ccnc3cc(F)ccc23)C1. The number of ether oxygens (including phenoxy) is 1. The van der Waals surface area contributed by atoms with Gasteiger partial charge in [-0.1, -0.05) is 0 Å². The average molecular weight is 331 g/mol. The Balaban J connectivity index is 1.71. The first-order valence-electron chi connectivity index (χ1n) is 8.10. The summed E-state index contributed by atoms with van der Waals surface area (Å²) in [6, 6.07) is 6.59. The molecule has 0 unspecified atom stereocenters. The predicted octanol–water partition coefficient (Wildman–Crippen LogP) is 3.48. The highest BCUT2D eigenvalue weighted by Crippen LogP contribution is 2.28. The van der Waals surface area contributed by atoms with Crippen LogP contribution in [0.4, 0.5) is 14.9 Å². The molecular formula is C18H22FN3O2. The average Bonchev–Trinajstić information content (AvgIpc) is 2.92. The fraction of sp³-hybridized carbons (Fsp3) is 0.444. The number of amides is 1. The van der Waals surface area contributed by atoms with Crippen LogP contribution in [0.15, 0.2) is 30.5 Å². The number of benzene rings is 1. The van der Waals surface area contributed by atoms with E-state index < -0.39 is 11.7 Å². The summed E-state index contributed by atoms with van der Waals surface area (Å²) in [5, 5.41) is 3.83. The minimum Gasteiger partial charge on any atom is -0.444 e. The van der Waals surface area contributed by atoms with Crippen LogP contribution in [0.5, 0.6) is 0 Å². The number of rotatable bonds is 2. The summed E-state index contributed by atoms with van der Waals surface area (Å²) in [5.74, 6) is -0.293. The number of hydrogen-bond acceptors (Lipinski definition) is 4. The van der Waals surface area contributed by atoms with Gasteiger partial charge in [0.05, 0.1) is 11.6 Å². The molecule has 128 valence electrons.